The fourth-order valence-electron chi connectivity index (χ4n) is 7.69. The summed E-state index contributed by atoms with van der Waals surface area (Å²) in [7, 11) is 0. The highest BCUT2D eigenvalue weighted by Gasteiger charge is 2.33. The number of hydrogen-bond acceptors (Lipinski definition) is 18. The van der Waals surface area contributed by atoms with Crippen LogP contribution in [0.5, 0.6) is 0 Å². The Morgan fingerprint density at radius 1 is 0.645 bits per heavy atom. The summed E-state index contributed by atoms with van der Waals surface area (Å²) in [6.07, 6.45) is 8.28. The highest BCUT2D eigenvalue weighted by Crippen LogP contribution is 2.11. The summed E-state index contributed by atoms with van der Waals surface area (Å²) in [6.45, 7) is 0.392. The van der Waals surface area contributed by atoms with Crippen LogP contribution in [-0.4, -0.2) is 185 Å². The zero-order chi connectivity index (χ0) is 56.4. The van der Waals surface area contributed by atoms with E-state index in [0.717, 1.165) is 6.42 Å². The molecule has 1 fully saturated rings. The quantitative estimate of drug-likeness (QED) is 0.0216. The first-order valence-electron chi connectivity index (χ1n) is 25.4. The third-order valence-electron chi connectivity index (χ3n) is 12.0. The molecule has 1 aliphatic rings. The number of H-pyrrole nitrogens is 1. The van der Waals surface area contributed by atoms with E-state index in [9.17, 15) is 57.8 Å². The number of carbonyl (C=O) groups excluding carboxylic acids is 10. The van der Waals surface area contributed by atoms with Gasteiger partial charge in [0.2, 0.25) is 59.1 Å². The minimum atomic E-state index is -1.37. The smallest absolute Gasteiger partial charge is 0.326 e. The van der Waals surface area contributed by atoms with Gasteiger partial charge in [-0.05, 0) is 122 Å². The molecule has 76 heavy (non-hydrogen) atoms. The molecule has 0 spiro atoms. The highest BCUT2D eigenvalue weighted by atomic mass is 32.2. The normalized spacial score (nSPS) is 15.7. The Bertz CT molecular complexity index is 2030. The van der Waals surface area contributed by atoms with E-state index in [2.05, 4.69) is 75.8 Å². The summed E-state index contributed by atoms with van der Waals surface area (Å²) >= 11 is 5.57. The Kier molecular flexibility index (Phi) is 32.7. The van der Waals surface area contributed by atoms with Gasteiger partial charge < -0.3 is 86.2 Å². The topological polar surface area (TPSA) is 461 Å². The molecular weight excluding hydrogens is 1030 g/mol. The number of aliphatic carboxylic acids is 1. The van der Waals surface area contributed by atoms with Crippen molar-refractivity contribution in [3.63, 3.8) is 0 Å². The second kappa shape index (κ2) is 37.6. The molecule has 1 aromatic rings. The molecule has 1 aliphatic heterocycles. The summed E-state index contributed by atoms with van der Waals surface area (Å²) in [5, 5.41) is 35.6. The van der Waals surface area contributed by atoms with Gasteiger partial charge in [-0.25, -0.2) is 9.78 Å². The molecule has 0 radical (unpaired) electrons. The first-order valence-corrected chi connectivity index (χ1v) is 27.5. The lowest BCUT2D eigenvalue weighted by Crippen LogP contribution is -2.59. The number of rotatable bonds is 40. The van der Waals surface area contributed by atoms with Gasteiger partial charge in [0.1, 0.15) is 42.3 Å². The van der Waals surface area contributed by atoms with Crippen LogP contribution >= 0.6 is 24.4 Å². The van der Waals surface area contributed by atoms with Crippen molar-refractivity contribution in [1.29, 1.82) is 0 Å². The van der Waals surface area contributed by atoms with Gasteiger partial charge in [0.05, 0.1) is 25.5 Å². The van der Waals surface area contributed by atoms with Crippen LogP contribution in [-0.2, 0) is 59.2 Å². The molecule has 28 nitrogen and oxygen atoms in total. The second-order valence-electron chi connectivity index (χ2n) is 18.1. The minimum Gasteiger partial charge on any atom is -0.480 e. The lowest BCUT2D eigenvalue weighted by Gasteiger charge is -2.26. The van der Waals surface area contributed by atoms with E-state index in [1.807, 2.05) is 0 Å². The number of carbonyl (C=O) groups is 11. The van der Waals surface area contributed by atoms with Crippen LogP contribution in [0.25, 0.3) is 0 Å². The number of aromatic amines is 1. The Hall–Kier alpha value is -6.08. The van der Waals surface area contributed by atoms with Crippen molar-refractivity contribution in [2.24, 2.45) is 22.9 Å². The molecule has 0 saturated carbocycles. The van der Waals surface area contributed by atoms with Gasteiger partial charge in [-0.3, -0.25) is 47.9 Å². The van der Waals surface area contributed by atoms with Crippen molar-refractivity contribution in [3.8, 4) is 0 Å². The van der Waals surface area contributed by atoms with Crippen molar-refractivity contribution in [2.75, 3.05) is 57.0 Å². The van der Waals surface area contributed by atoms with Gasteiger partial charge in [0.25, 0.3) is 0 Å². The lowest BCUT2D eigenvalue weighted by molar-refractivity contribution is -0.142. The summed E-state index contributed by atoms with van der Waals surface area (Å²) in [5.74, 6) is -8.76. The molecular formula is C46H80N16O12S2. The van der Waals surface area contributed by atoms with E-state index < -0.39 is 126 Å². The molecule has 10 amide bonds. The van der Waals surface area contributed by atoms with Gasteiger partial charge in [0, 0.05) is 30.5 Å². The highest BCUT2D eigenvalue weighted by molar-refractivity contribution is 7.98. The fourth-order valence-corrected chi connectivity index (χ4v) is 8.42. The van der Waals surface area contributed by atoms with Crippen LogP contribution in [0.1, 0.15) is 95.6 Å². The standard InChI is InChI=1S/C46H80N16O12S2/c1-76-20-15-32(60-43(70)31(13-14-36(50)63)56-37(64)23-53-39(66)28-12-8-19-52-28)44(71)62-35(25-75)40(67)54-24-38(65)57-34(21-27-22-51-26-55-27)45(72)59-29(9-2-5-16-47)41(68)58-30(10-3-6-17-48)42(69)61-33(46(73)74)11-4-7-18-49/h22,26,28-35,52,75H,2-21,23-25,47-49H2,1H3,(H2,50,63)(H,51,55)(H,53,66)(H,54,67)(H,56,64)(H,57,65)(H,58,68)(H,59,72)(H,60,70)(H,61,69)(H,62,71)(H,73,74)/t28-,29-,30-,31-,32-,33-,34-,35-/m0/s1. The number of hydrogen-bond donors (Lipinski definition) is 17. The second-order valence-corrected chi connectivity index (χ2v) is 19.4. The van der Waals surface area contributed by atoms with E-state index in [-0.39, 0.29) is 57.2 Å². The van der Waals surface area contributed by atoms with E-state index in [4.69, 9.17) is 22.9 Å². The van der Waals surface area contributed by atoms with Gasteiger partial charge in [-0.1, -0.05) is 0 Å². The fraction of sp³-hybridized carbons (Fsp3) is 0.696. The Morgan fingerprint density at radius 2 is 1.12 bits per heavy atom. The van der Waals surface area contributed by atoms with Gasteiger partial charge in [-0.15, -0.1) is 0 Å². The zero-order valence-electron chi connectivity index (χ0n) is 43.1. The van der Waals surface area contributed by atoms with Crippen LogP contribution in [0.4, 0.5) is 0 Å². The number of thiol groups is 1. The number of thioether (sulfide) groups is 1. The Labute approximate surface area is 451 Å². The molecule has 1 aromatic heterocycles. The Morgan fingerprint density at radius 3 is 1.58 bits per heavy atom. The van der Waals surface area contributed by atoms with Crippen LogP contribution in [0.2, 0.25) is 0 Å². The molecule has 0 aliphatic carbocycles. The number of carboxylic acids is 1. The number of nitrogens with one attached hydrogen (secondary N) is 11. The number of primary amides is 1. The van der Waals surface area contributed by atoms with Crippen molar-refractivity contribution < 1.29 is 57.8 Å². The van der Waals surface area contributed by atoms with E-state index >= 15 is 0 Å². The van der Waals surface area contributed by atoms with Crippen molar-refractivity contribution in [2.45, 2.75) is 145 Å². The van der Waals surface area contributed by atoms with Crippen molar-refractivity contribution >= 4 is 89.4 Å². The summed E-state index contributed by atoms with van der Waals surface area (Å²) in [5.41, 5.74) is 22.7. The molecule has 428 valence electrons. The minimum absolute atomic E-state index is 0.0617. The molecule has 0 unspecified atom stereocenters. The van der Waals surface area contributed by atoms with Gasteiger partial charge >= 0.3 is 5.97 Å². The lowest BCUT2D eigenvalue weighted by atomic mass is 10.0. The van der Waals surface area contributed by atoms with Crippen molar-refractivity contribution in [1.82, 2.24) is 63.1 Å². The average molecular weight is 1110 g/mol. The van der Waals surface area contributed by atoms with E-state index in [1.54, 1.807) is 6.26 Å². The number of nitrogens with two attached hydrogens (primary N) is 4. The number of amides is 10. The van der Waals surface area contributed by atoms with Crippen LogP contribution in [0.3, 0.4) is 0 Å². The number of nitrogens with zero attached hydrogens (tertiary/aromatic N) is 1. The first kappa shape index (κ1) is 66.0. The summed E-state index contributed by atoms with van der Waals surface area (Å²) in [4.78, 5) is 151. The monoisotopic (exact) mass is 1110 g/mol. The number of unbranched alkanes of at least 4 members (excludes halogenated alkanes) is 3. The largest absolute Gasteiger partial charge is 0.480 e. The molecule has 0 aromatic carbocycles. The molecule has 2 rings (SSSR count). The number of aromatic nitrogens is 2. The molecule has 1 saturated heterocycles. The average Bonchev–Trinajstić information content (AvgIpc) is 4.13. The van der Waals surface area contributed by atoms with Gasteiger partial charge in [-0.2, -0.15) is 24.4 Å². The van der Waals surface area contributed by atoms with Crippen molar-refractivity contribution in [3.05, 3.63) is 18.2 Å². The maximum Gasteiger partial charge on any atom is 0.326 e. The molecule has 8 atom stereocenters. The predicted octanol–water partition coefficient (Wildman–Crippen LogP) is -5.25. The van der Waals surface area contributed by atoms with Crippen LogP contribution < -0.4 is 76.1 Å². The third kappa shape index (κ3) is 26.1. The maximum atomic E-state index is 14.1. The van der Waals surface area contributed by atoms with E-state index in [1.165, 1.54) is 24.3 Å². The number of imidazole rings is 1. The number of carboxylic acid groups (broad SMARTS) is 1. The van der Waals surface area contributed by atoms with Crippen LogP contribution in [0, 0.1) is 0 Å². The SMILES string of the molecule is CSCC[C@H](NC(=O)[C@H](CCC(N)=O)NC(=O)CNC(=O)[C@@H]1CCCN1)C(=O)N[C@@H](CS)C(=O)NCC(=O)N[C@@H](Cc1cnc[nH]1)C(=O)N[C@@H](CCCCN)C(=O)N[C@@H](CCCCN)C(=O)N[C@@H](CCCCN)C(=O)O. The molecule has 2 heterocycles. The predicted molar refractivity (Wildman–Crippen MR) is 284 cm³/mol. The molecule has 0 bridgehead atoms. The maximum absolute atomic E-state index is 14.1. The molecule has 30 heteroatoms. The van der Waals surface area contributed by atoms with Gasteiger partial charge in [0.15, 0.2) is 0 Å². The summed E-state index contributed by atoms with van der Waals surface area (Å²) in [6, 6.07) is -9.48. The Balaban J connectivity index is 2.20. The van der Waals surface area contributed by atoms with E-state index in [0.29, 0.717) is 76.0 Å². The van der Waals surface area contributed by atoms with Crippen LogP contribution in [0.15, 0.2) is 12.5 Å². The zero-order valence-corrected chi connectivity index (χ0v) is 44.8. The summed E-state index contributed by atoms with van der Waals surface area (Å²) < 4.78 is 0. The third-order valence-corrected chi connectivity index (χ3v) is 13.0. The molecule has 20 N–H and O–H groups in total. The first-order chi connectivity index (χ1) is 36.4.